The van der Waals surface area contributed by atoms with Gasteiger partial charge in [-0.05, 0) is 31.1 Å². The molecule has 0 spiro atoms. The van der Waals surface area contributed by atoms with Crippen LogP contribution in [0.15, 0.2) is 29.2 Å². The fourth-order valence-electron chi connectivity index (χ4n) is 3.06. The number of hydrogen-bond donors (Lipinski definition) is 1. The molecule has 2 aliphatic rings. The minimum Gasteiger partial charge on any atom is -0.493 e. The van der Waals surface area contributed by atoms with Crippen LogP contribution >= 0.6 is 20.8 Å². The van der Waals surface area contributed by atoms with Crippen LogP contribution in [0.3, 0.4) is 0 Å². The Bertz CT molecular complexity index is 969. The minimum absolute atomic E-state index is 0.116. The van der Waals surface area contributed by atoms with Crippen LogP contribution in [0.4, 0.5) is 4.39 Å². The zero-order valence-electron chi connectivity index (χ0n) is 14.9. The third kappa shape index (κ3) is 3.97. The lowest BCUT2D eigenvalue weighted by molar-refractivity contribution is -0.0225. The van der Waals surface area contributed by atoms with Crippen molar-refractivity contribution >= 4 is 20.8 Å². The Balaban J connectivity index is 1.35. The van der Waals surface area contributed by atoms with E-state index in [1.165, 1.54) is 4.57 Å². The number of ether oxygens (including phenoxy) is 2. The van der Waals surface area contributed by atoms with Crippen LogP contribution in [0.2, 0.25) is 0 Å². The average Bonchev–Trinajstić information content (AvgIpc) is 3.17. The van der Waals surface area contributed by atoms with Gasteiger partial charge in [0, 0.05) is 5.56 Å². The van der Waals surface area contributed by atoms with Crippen molar-refractivity contribution in [3.8, 4) is 11.5 Å². The van der Waals surface area contributed by atoms with Gasteiger partial charge in [-0.1, -0.05) is 12.1 Å². The highest BCUT2D eigenvalue weighted by atomic mass is 32.1. The van der Waals surface area contributed by atoms with Gasteiger partial charge in [-0.25, -0.2) is 0 Å². The van der Waals surface area contributed by atoms with Crippen molar-refractivity contribution in [3.05, 3.63) is 50.9 Å². The summed E-state index contributed by atoms with van der Waals surface area (Å²) in [5.74, 6) is 0.350. The first-order chi connectivity index (χ1) is 13.5. The van der Waals surface area contributed by atoms with Gasteiger partial charge in [0.15, 0.2) is 16.3 Å². The Morgan fingerprint density at radius 3 is 3.11 bits per heavy atom. The van der Waals surface area contributed by atoms with E-state index in [-0.39, 0.29) is 17.5 Å². The lowest BCUT2D eigenvalue weighted by atomic mass is 10.2. The van der Waals surface area contributed by atoms with Gasteiger partial charge < -0.3 is 14.0 Å². The summed E-state index contributed by atoms with van der Waals surface area (Å²) in [7, 11) is 0.00266. The fourth-order valence-corrected chi connectivity index (χ4v) is 4.39. The largest absolute Gasteiger partial charge is 0.493 e. The van der Waals surface area contributed by atoms with E-state index in [4.69, 9.17) is 35.3 Å². The first-order valence-electron chi connectivity index (χ1n) is 8.61. The van der Waals surface area contributed by atoms with E-state index in [1.807, 2.05) is 18.2 Å². The highest BCUT2D eigenvalue weighted by Gasteiger charge is 2.31. The van der Waals surface area contributed by atoms with Crippen molar-refractivity contribution in [2.45, 2.75) is 31.8 Å². The summed E-state index contributed by atoms with van der Waals surface area (Å²) in [5, 5.41) is 0. The van der Waals surface area contributed by atoms with Gasteiger partial charge in [-0.3, -0.25) is 23.4 Å². The van der Waals surface area contributed by atoms with E-state index in [9.17, 15) is 9.18 Å². The Kier molecular flexibility index (Phi) is 5.75. The van der Waals surface area contributed by atoms with Crippen molar-refractivity contribution in [2.75, 3.05) is 13.7 Å². The average molecular weight is 428 g/mol. The quantitative estimate of drug-likeness (QED) is 0.576. The minimum atomic E-state index is -1.58. The summed E-state index contributed by atoms with van der Waals surface area (Å²) in [5.41, 5.74) is 0.0533. The van der Waals surface area contributed by atoms with Crippen molar-refractivity contribution in [1.29, 1.82) is 0 Å². The van der Waals surface area contributed by atoms with Gasteiger partial charge in [0.05, 0.1) is 32.6 Å². The molecule has 3 heterocycles. The number of rotatable bonds is 5. The molecule has 0 radical (unpaired) electrons. The van der Waals surface area contributed by atoms with Gasteiger partial charge in [0.1, 0.15) is 6.23 Å². The van der Waals surface area contributed by atoms with Crippen LogP contribution in [0.1, 0.15) is 24.6 Å². The molecular weight excluding hydrogens is 410 g/mol. The standard InChI is InChI=1S/C17H18FN2O6PS/c1-22-13-4-2-3-10-8-23-27(26-15(10)13)24-9-11-5-6-14(25-11)20-7-12(18)16(21)19-17(20)28/h2-4,7,11,14H,5-6,8-9H2,1H3,(H,19,21,28). The van der Waals surface area contributed by atoms with E-state index in [1.54, 1.807) is 7.11 Å². The molecule has 0 aliphatic carbocycles. The third-order valence-electron chi connectivity index (χ3n) is 4.46. The Morgan fingerprint density at radius 2 is 2.29 bits per heavy atom. The van der Waals surface area contributed by atoms with E-state index < -0.39 is 26.2 Å². The fraction of sp³-hybridized carbons (Fsp3) is 0.412. The van der Waals surface area contributed by atoms with Crippen LogP contribution in [0.5, 0.6) is 11.5 Å². The molecule has 28 heavy (non-hydrogen) atoms. The van der Waals surface area contributed by atoms with Crippen LogP contribution in [0, 0.1) is 10.6 Å². The molecule has 1 fully saturated rings. The first kappa shape index (κ1) is 19.5. The molecule has 1 aromatic carbocycles. The summed E-state index contributed by atoms with van der Waals surface area (Å²) < 4.78 is 43.5. The molecule has 150 valence electrons. The van der Waals surface area contributed by atoms with Crippen LogP contribution in [0.25, 0.3) is 0 Å². The number of hydrogen-bond acceptors (Lipinski definition) is 7. The SMILES string of the molecule is COc1cccc2c1OP(OCC1CCC(n3cc(F)c(=O)[nH]c3=S)O1)OC2. The zero-order valence-corrected chi connectivity index (χ0v) is 16.6. The highest BCUT2D eigenvalue weighted by Crippen LogP contribution is 2.50. The van der Waals surface area contributed by atoms with Gasteiger partial charge in [-0.15, -0.1) is 0 Å². The predicted octanol–water partition coefficient (Wildman–Crippen LogP) is 3.58. The summed E-state index contributed by atoms with van der Waals surface area (Å²) in [4.78, 5) is 13.6. The smallest absolute Gasteiger partial charge is 0.397 e. The Hall–Kier alpha value is -1.84. The summed E-state index contributed by atoms with van der Waals surface area (Å²) in [6, 6.07) is 5.59. The molecule has 3 atom stereocenters. The highest BCUT2D eigenvalue weighted by molar-refractivity contribution is 7.71. The monoisotopic (exact) mass is 428 g/mol. The van der Waals surface area contributed by atoms with Gasteiger partial charge in [-0.2, -0.15) is 4.39 Å². The van der Waals surface area contributed by atoms with Gasteiger partial charge in [0.25, 0.3) is 5.56 Å². The number of para-hydroxylation sites is 1. The van der Waals surface area contributed by atoms with E-state index in [0.717, 1.165) is 11.8 Å². The van der Waals surface area contributed by atoms with Crippen LogP contribution in [-0.2, 0) is 20.4 Å². The van der Waals surface area contributed by atoms with E-state index in [0.29, 0.717) is 30.9 Å². The van der Waals surface area contributed by atoms with Crippen molar-refractivity contribution in [1.82, 2.24) is 9.55 Å². The topological polar surface area (TPSA) is 83.9 Å². The van der Waals surface area contributed by atoms with Gasteiger partial charge in [0.2, 0.25) is 5.82 Å². The zero-order chi connectivity index (χ0) is 19.7. The second-order valence-corrected chi connectivity index (χ2v) is 7.80. The molecule has 8 nitrogen and oxygen atoms in total. The number of fused-ring (bicyclic) bond motifs is 1. The number of methoxy groups -OCH3 is 1. The maximum atomic E-state index is 13.6. The molecular formula is C17H18FN2O6PS. The molecule has 11 heteroatoms. The van der Waals surface area contributed by atoms with Crippen LogP contribution in [-0.4, -0.2) is 29.4 Å². The summed E-state index contributed by atoms with van der Waals surface area (Å²) in [6.07, 6.45) is 1.68. The summed E-state index contributed by atoms with van der Waals surface area (Å²) >= 11 is 5.08. The molecule has 0 amide bonds. The number of halogens is 1. The first-order valence-corrected chi connectivity index (χ1v) is 10.1. The van der Waals surface area contributed by atoms with Gasteiger partial charge >= 0.3 is 8.60 Å². The maximum absolute atomic E-state index is 13.6. The maximum Gasteiger partial charge on any atom is 0.397 e. The normalized spacial score (nSPS) is 23.9. The Labute approximate surface area is 166 Å². The molecule has 4 rings (SSSR count). The molecule has 2 aromatic rings. The van der Waals surface area contributed by atoms with Crippen molar-refractivity contribution in [2.24, 2.45) is 0 Å². The second kappa shape index (κ2) is 8.26. The molecule has 1 aromatic heterocycles. The number of aromatic nitrogens is 2. The van der Waals surface area contributed by atoms with Crippen LogP contribution < -0.4 is 14.8 Å². The lowest BCUT2D eigenvalue weighted by Gasteiger charge is -2.26. The van der Waals surface area contributed by atoms with Crippen molar-refractivity contribution in [3.63, 3.8) is 0 Å². The number of nitrogens with one attached hydrogen (secondary N) is 1. The number of benzene rings is 1. The molecule has 2 aliphatic heterocycles. The number of H-pyrrole nitrogens is 1. The molecule has 3 unspecified atom stereocenters. The summed E-state index contributed by atoms with van der Waals surface area (Å²) in [6.45, 7) is 0.629. The molecule has 1 saturated heterocycles. The molecule has 1 N–H and O–H groups in total. The Morgan fingerprint density at radius 1 is 1.43 bits per heavy atom. The molecule has 0 saturated carbocycles. The predicted molar refractivity (Wildman–Crippen MR) is 100 cm³/mol. The number of aromatic amines is 1. The second-order valence-electron chi connectivity index (χ2n) is 6.27. The lowest BCUT2D eigenvalue weighted by Crippen LogP contribution is -2.21. The van der Waals surface area contributed by atoms with E-state index in [2.05, 4.69) is 4.98 Å². The van der Waals surface area contributed by atoms with Crippen molar-refractivity contribution < 1.29 is 27.4 Å². The third-order valence-corrected chi connectivity index (χ3v) is 5.80. The number of nitrogens with zero attached hydrogens (tertiary/aromatic N) is 1. The van der Waals surface area contributed by atoms with E-state index >= 15 is 0 Å². The molecule has 0 bridgehead atoms.